The number of imidazole rings is 3. The number of hydrogen-bond acceptors (Lipinski definition) is 13. The SMILES string of the molecule is C[C@H](NC(=O)[C@H](CO)NC(=O)CNC(=O)[C@H](Cc1cnc[nH]1)NC(=O)[C@@H](N)Cc1cnc[nH]1)C(=O)N[C@@H](CCCN=C(N)N)C(=O)N[C@@H](Cc1cnc[nH]1)C(=O)O. The monoisotopic (exact) mass is 800 g/mol. The Balaban J connectivity index is 1.56. The van der Waals surface area contributed by atoms with Gasteiger partial charge in [0.2, 0.25) is 35.4 Å². The maximum atomic E-state index is 13.2. The highest BCUT2D eigenvalue weighted by molar-refractivity contribution is 5.96. The molecule has 0 aliphatic carbocycles. The molecule has 57 heavy (non-hydrogen) atoms. The van der Waals surface area contributed by atoms with Crippen LogP contribution in [-0.4, -0.2) is 143 Å². The Kier molecular flexibility index (Phi) is 17.6. The second kappa shape index (κ2) is 22.5. The number of nitrogens with zero attached hydrogens (tertiary/aromatic N) is 4. The lowest BCUT2D eigenvalue weighted by atomic mass is 10.1. The first-order valence-corrected chi connectivity index (χ1v) is 17.5. The number of hydrogen-bond donors (Lipinski definition) is 14. The number of guanidine groups is 1. The van der Waals surface area contributed by atoms with E-state index in [0.717, 1.165) is 0 Å². The average Bonchev–Trinajstić information content (AvgIpc) is 3.99. The van der Waals surface area contributed by atoms with Crippen molar-refractivity contribution in [3.63, 3.8) is 0 Å². The molecule has 0 radical (unpaired) electrons. The minimum atomic E-state index is -1.58. The van der Waals surface area contributed by atoms with Crippen LogP contribution in [0.2, 0.25) is 0 Å². The zero-order chi connectivity index (χ0) is 41.9. The molecule has 0 unspecified atom stereocenters. The number of carbonyl (C=O) groups excluding carboxylic acids is 6. The molecule has 25 heteroatoms. The average molecular weight is 801 g/mol. The number of carboxylic acid groups (broad SMARTS) is 1. The van der Waals surface area contributed by atoms with Crippen LogP contribution in [0.1, 0.15) is 36.8 Å². The van der Waals surface area contributed by atoms with Crippen molar-refractivity contribution in [2.24, 2.45) is 22.2 Å². The van der Waals surface area contributed by atoms with E-state index >= 15 is 0 Å². The second-order valence-electron chi connectivity index (χ2n) is 12.7. The summed E-state index contributed by atoms with van der Waals surface area (Å²) in [6, 6.07) is -7.83. The second-order valence-corrected chi connectivity index (χ2v) is 12.7. The van der Waals surface area contributed by atoms with Gasteiger partial charge in [0.05, 0.1) is 38.2 Å². The van der Waals surface area contributed by atoms with E-state index in [1.54, 1.807) is 0 Å². The number of nitrogens with two attached hydrogens (primary N) is 3. The zero-order valence-electron chi connectivity index (χ0n) is 30.9. The fraction of sp³-hybridized carbons (Fsp3) is 0.469. The van der Waals surface area contributed by atoms with Gasteiger partial charge in [0.1, 0.15) is 30.2 Å². The highest BCUT2D eigenvalue weighted by atomic mass is 16.4. The highest BCUT2D eigenvalue weighted by Crippen LogP contribution is 2.05. The lowest BCUT2D eigenvalue weighted by Crippen LogP contribution is -2.58. The van der Waals surface area contributed by atoms with Gasteiger partial charge in [-0.05, 0) is 19.8 Å². The topological polar surface area (TPSA) is 409 Å². The number of carboxylic acids is 1. The largest absolute Gasteiger partial charge is 0.480 e. The van der Waals surface area contributed by atoms with Gasteiger partial charge in [-0.2, -0.15) is 0 Å². The lowest BCUT2D eigenvalue weighted by Gasteiger charge is -2.24. The lowest BCUT2D eigenvalue weighted by molar-refractivity contribution is -0.142. The molecule has 6 atom stereocenters. The van der Waals surface area contributed by atoms with Gasteiger partial charge in [-0.25, -0.2) is 19.7 Å². The Labute approximate surface area is 324 Å². The normalized spacial score (nSPS) is 14.0. The summed E-state index contributed by atoms with van der Waals surface area (Å²) in [4.78, 5) is 114. The van der Waals surface area contributed by atoms with Gasteiger partial charge < -0.3 is 74.3 Å². The fourth-order valence-electron chi connectivity index (χ4n) is 5.10. The predicted octanol–water partition coefficient (Wildman–Crippen LogP) is -6.10. The molecule has 310 valence electrons. The number of aromatic nitrogens is 6. The number of rotatable bonds is 24. The first-order chi connectivity index (χ1) is 27.2. The predicted molar refractivity (Wildman–Crippen MR) is 198 cm³/mol. The van der Waals surface area contributed by atoms with Gasteiger partial charge in [0.15, 0.2) is 5.96 Å². The Hall–Kier alpha value is -6.89. The first-order valence-electron chi connectivity index (χ1n) is 17.5. The van der Waals surface area contributed by atoms with Gasteiger partial charge in [0.25, 0.3) is 0 Å². The molecule has 6 amide bonds. The number of aliphatic carboxylic acids is 1. The molecule has 0 fully saturated rings. The van der Waals surface area contributed by atoms with Crippen molar-refractivity contribution < 1.29 is 43.8 Å². The summed E-state index contributed by atoms with van der Waals surface area (Å²) >= 11 is 0. The number of aliphatic imine (C=N–C) groups is 1. The van der Waals surface area contributed by atoms with E-state index in [-0.39, 0.29) is 44.6 Å². The van der Waals surface area contributed by atoms with Crippen LogP contribution in [0.4, 0.5) is 0 Å². The summed E-state index contributed by atoms with van der Waals surface area (Å²) in [5.41, 5.74) is 18.2. The molecule has 0 aliphatic rings. The third-order valence-electron chi connectivity index (χ3n) is 8.12. The van der Waals surface area contributed by atoms with Gasteiger partial charge >= 0.3 is 5.97 Å². The maximum absolute atomic E-state index is 13.2. The Bertz CT molecular complexity index is 1800. The number of carbonyl (C=O) groups is 7. The van der Waals surface area contributed by atoms with Crippen LogP contribution in [0.3, 0.4) is 0 Å². The van der Waals surface area contributed by atoms with Crippen LogP contribution in [-0.2, 0) is 52.8 Å². The molecule has 0 aromatic carbocycles. The summed E-state index contributed by atoms with van der Waals surface area (Å²) in [5, 5.41) is 33.9. The smallest absolute Gasteiger partial charge is 0.326 e. The van der Waals surface area contributed by atoms with E-state index in [1.807, 2.05) is 0 Å². The molecule has 0 spiro atoms. The van der Waals surface area contributed by atoms with Crippen LogP contribution in [0.5, 0.6) is 0 Å². The molecule has 3 rings (SSSR count). The molecule has 0 saturated heterocycles. The summed E-state index contributed by atoms with van der Waals surface area (Å²) in [7, 11) is 0. The van der Waals surface area contributed by atoms with Crippen molar-refractivity contribution in [1.29, 1.82) is 0 Å². The van der Waals surface area contributed by atoms with Crippen LogP contribution < -0.4 is 49.1 Å². The molecule has 0 bridgehead atoms. The van der Waals surface area contributed by atoms with E-state index in [9.17, 15) is 43.8 Å². The molecule has 17 N–H and O–H groups in total. The number of H-pyrrole nitrogens is 3. The maximum Gasteiger partial charge on any atom is 0.326 e. The van der Waals surface area contributed by atoms with E-state index in [2.05, 4.69) is 66.8 Å². The van der Waals surface area contributed by atoms with Crippen LogP contribution in [0.15, 0.2) is 42.6 Å². The number of aliphatic hydroxyl groups excluding tert-OH is 1. The van der Waals surface area contributed by atoms with E-state index in [0.29, 0.717) is 17.1 Å². The Morgan fingerprint density at radius 3 is 1.75 bits per heavy atom. The molecule has 0 saturated carbocycles. The van der Waals surface area contributed by atoms with E-state index < -0.39 is 90.8 Å². The summed E-state index contributed by atoms with van der Waals surface area (Å²) in [5.74, 6) is -6.58. The minimum Gasteiger partial charge on any atom is -0.480 e. The van der Waals surface area contributed by atoms with E-state index in [1.165, 1.54) is 44.5 Å². The number of amides is 6. The summed E-state index contributed by atoms with van der Waals surface area (Å²) < 4.78 is 0. The van der Waals surface area contributed by atoms with Crippen LogP contribution in [0, 0.1) is 0 Å². The van der Waals surface area contributed by atoms with Gasteiger partial charge in [-0.1, -0.05) is 0 Å². The highest BCUT2D eigenvalue weighted by Gasteiger charge is 2.30. The molecule has 25 nitrogen and oxygen atoms in total. The molecule has 3 aromatic rings. The first kappa shape index (κ1) is 44.5. The summed E-state index contributed by atoms with van der Waals surface area (Å²) in [6.07, 6.45) is 8.58. The molecule has 3 aromatic heterocycles. The number of aromatic amines is 3. The zero-order valence-corrected chi connectivity index (χ0v) is 30.9. The molecular weight excluding hydrogens is 752 g/mol. The Morgan fingerprint density at radius 1 is 0.702 bits per heavy atom. The van der Waals surface area contributed by atoms with Crippen molar-refractivity contribution in [3.05, 3.63) is 54.7 Å². The van der Waals surface area contributed by atoms with E-state index in [4.69, 9.17) is 17.2 Å². The molecule has 3 heterocycles. The van der Waals surface area contributed by atoms with Gasteiger partial charge in [0, 0.05) is 61.5 Å². The van der Waals surface area contributed by atoms with Crippen LogP contribution >= 0.6 is 0 Å². The fourth-order valence-corrected chi connectivity index (χ4v) is 5.10. The standard InChI is InChI=1S/C32H48N16O9/c1-16(26(51)46-21(3-2-4-39-32(34)35)29(54)48-23(31(56)57)7-19-10-38-15-43-19)44-30(55)24(12-49)45-25(50)11-40-28(53)22(6-18-9-37-14-42-18)47-27(52)20(33)5-17-8-36-13-41-17/h8-10,13-16,20-24,49H,2-7,11-12,33H2,1H3,(H,36,41)(H,37,42)(H,38,43)(H,40,53)(H,44,55)(H,45,50)(H,46,51)(H,47,52)(H,48,54)(H,56,57)(H4,34,35,39)/t16-,20-,21-,22-,23-,24-/m0/s1. The van der Waals surface area contributed by atoms with Crippen molar-refractivity contribution in [3.8, 4) is 0 Å². The van der Waals surface area contributed by atoms with Crippen molar-refractivity contribution in [2.45, 2.75) is 75.3 Å². The van der Waals surface area contributed by atoms with Gasteiger partial charge in [-0.15, -0.1) is 0 Å². The quantitative estimate of drug-likeness (QED) is 0.0228. The molecule has 0 aliphatic heterocycles. The van der Waals surface area contributed by atoms with Crippen molar-refractivity contribution in [1.82, 2.24) is 61.8 Å². The van der Waals surface area contributed by atoms with Gasteiger partial charge in [-0.3, -0.25) is 33.8 Å². The van der Waals surface area contributed by atoms with Crippen molar-refractivity contribution >= 4 is 47.4 Å². The number of aliphatic hydroxyl groups is 1. The number of nitrogens with one attached hydrogen (secondary N) is 9. The molecular formula is C32H48N16O9. The van der Waals surface area contributed by atoms with Crippen LogP contribution in [0.25, 0.3) is 0 Å². The minimum absolute atomic E-state index is 0.0309. The third kappa shape index (κ3) is 15.4. The summed E-state index contributed by atoms with van der Waals surface area (Å²) in [6.45, 7) is -0.229. The van der Waals surface area contributed by atoms with Crippen molar-refractivity contribution in [2.75, 3.05) is 19.7 Å². The third-order valence-corrected chi connectivity index (χ3v) is 8.12. The Morgan fingerprint density at radius 2 is 1.23 bits per heavy atom.